The molecular weight excluding hydrogens is 118 g/mol. The van der Waals surface area contributed by atoms with Gasteiger partial charge >= 0.3 is 0 Å². The molecule has 0 radical (unpaired) electrons. The lowest BCUT2D eigenvalue weighted by Gasteiger charge is -2.01. The molecule has 2 N–H and O–H groups in total. The molecule has 0 heterocycles. The summed E-state index contributed by atoms with van der Waals surface area (Å²) >= 11 is 1.98. The molecule has 8 heavy (non-hydrogen) atoms. The monoisotopic (exact) mass is 133 g/mol. The van der Waals surface area contributed by atoms with Crippen LogP contribution in [-0.2, 0) is 0 Å². The van der Waals surface area contributed by atoms with Gasteiger partial charge in [-0.25, -0.2) is 0 Å². The van der Waals surface area contributed by atoms with E-state index in [9.17, 15) is 0 Å². The summed E-state index contributed by atoms with van der Waals surface area (Å²) < 4.78 is 0. The average Bonchev–Trinajstić information content (AvgIpc) is 1.66. The van der Waals surface area contributed by atoms with Crippen LogP contribution in [0.15, 0.2) is 0 Å². The van der Waals surface area contributed by atoms with Gasteiger partial charge in [0, 0.05) is 0 Å². The Balaban J connectivity index is 2.72. The average molecular weight is 133 g/mol. The fourth-order valence-electron chi connectivity index (χ4n) is 0.402. The summed E-state index contributed by atoms with van der Waals surface area (Å²) in [5.74, 6) is 1.22. The molecule has 0 rings (SSSR count). The molecule has 0 atom stereocenters. The predicted molar refractivity (Wildman–Crippen MR) is 41.3 cm³/mol. The Morgan fingerprint density at radius 2 is 2.12 bits per heavy atom. The lowest BCUT2D eigenvalue weighted by Crippen LogP contribution is -2.00. The molecule has 0 aromatic rings. The smallest absolute Gasteiger partial charge is 0.000968 e. The zero-order valence-electron chi connectivity index (χ0n) is 5.68. The van der Waals surface area contributed by atoms with Crippen molar-refractivity contribution in [1.82, 2.24) is 0 Å². The molecule has 0 bridgehead atoms. The van der Waals surface area contributed by atoms with E-state index in [-0.39, 0.29) is 0 Å². The van der Waals surface area contributed by atoms with Crippen molar-refractivity contribution in [1.29, 1.82) is 0 Å². The Morgan fingerprint density at radius 3 is 2.50 bits per heavy atom. The quantitative estimate of drug-likeness (QED) is 0.588. The van der Waals surface area contributed by atoms with E-state index in [0.717, 1.165) is 18.2 Å². The molecule has 0 amide bonds. The van der Waals surface area contributed by atoms with Crippen LogP contribution in [0.3, 0.4) is 0 Å². The van der Waals surface area contributed by atoms with Crippen LogP contribution in [0.1, 0.15) is 20.3 Å². The van der Waals surface area contributed by atoms with Crippen molar-refractivity contribution >= 4 is 11.8 Å². The molecule has 0 aliphatic rings. The Bertz CT molecular complexity index is 45.8. The molecule has 0 saturated carbocycles. The zero-order valence-corrected chi connectivity index (χ0v) is 6.50. The van der Waals surface area contributed by atoms with Gasteiger partial charge in [-0.05, 0) is 24.0 Å². The van der Waals surface area contributed by atoms with Crippen molar-refractivity contribution in [2.45, 2.75) is 25.5 Å². The first kappa shape index (κ1) is 8.31. The van der Waals surface area contributed by atoms with Gasteiger partial charge in [0.1, 0.15) is 0 Å². The van der Waals surface area contributed by atoms with Crippen LogP contribution in [0.5, 0.6) is 0 Å². The fraction of sp³-hybridized carbons (Fsp3) is 1.00. The van der Waals surface area contributed by atoms with Gasteiger partial charge in [0.15, 0.2) is 0 Å². The van der Waals surface area contributed by atoms with Crippen LogP contribution in [0, 0.1) is 0 Å². The maximum Gasteiger partial charge on any atom is -0.000968 e. The first-order chi connectivity index (χ1) is 3.77. The number of thioether (sulfide) groups is 1. The first-order valence-electron chi connectivity index (χ1n) is 3.09. The third-order valence-electron chi connectivity index (χ3n) is 0.800. The summed E-state index contributed by atoms with van der Waals surface area (Å²) in [6.45, 7) is 5.25. The second-order valence-electron chi connectivity index (χ2n) is 2.06. The zero-order chi connectivity index (χ0) is 6.41. The van der Waals surface area contributed by atoms with Gasteiger partial charge < -0.3 is 5.73 Å². The number of rotatable bonds is 4. The molecular formula is C6H15NS. The predicted octanol–water partition coefficient (Wildman–Crippen LogP) is 1.48. The van der Waals surface area contributed by atoms with Gasteiger partial charge in [-0.2, -0.15) is 11.8 Å². The van der Waals surface area contributed by atoms with Crippen LogP contribution in [0.4, 0.5) is 0 Å². The molecule has 0 aliphatic carbocycles. The Hall–Kier alpha value is 0.310. The number of hydrogen-bond acceptors (Lipinski definition) is 2. The first-order valence-corrected chi connectivity index (χ1v) is 4.14. The van der Waals surface area contributed by atoms with Crippen LogP contribution >= 0.6 is 11.8 Å². The Morgan fingerprint density at radius 1 is 1.50 bits per heavy atom. The van der Waals surface area contributed by atoms with Crippen LogP contribution in [-0.4, -0.2) is 17.5 Å². The van der Waals surface area contributed by atoms with E-state index in [0.29, 0.717) is 0 Å². The number of nitrogens with two attached hydrogens (primary N) is 1. The largest absolute Gasteiger partial charge is 0.330 e. The summed E-state index contributed by atoms with van der Waals surface area (Å²) in [4.78, 5) is 0. The maximum atomic E-state index is 5.30. The fourth-order valence-corrected chi connectivity index (χ4v) is 1.21. The molecule has 0 unspecified atom stereocenters. The minimum absolute atomic E-state index is 0.765. The van der Waals surface area contributed by atoms with Gasteiger partial charge in [0.2, 0.25) is 0 Å². The van der Waals surface area contributed by atoms with Gasteiger partial charge in [-0.3, -0.25) is 0 Å². The standard InChI is InChI=1S/C6H15NS/c1-6(2)8-5-3-4-7/h6H,3-5,7H2,1-2H3. The Kier molecular flexibility index (Phi) is 5.66. The molecule has 50 valence electrons. The second kappa shape index (κ2) is 5.45. The van der Waals surface area contributed by atoms with Crippen LogP contribution < -0.4 is 5.73 Å². The van der Waals surface area contributed by atoms with E-state index < -0.39 is 0 Å². The third-order valence-corrected chi connectivity index (χ3v) is 1.99. The van der Waals surface area contributed by atoms with E-state index >= 15 is 0 Å². The topological polar surface area (TPSA) is 26.0 Å². The van der Waals surface area contributed by atoms with E-state index in [1.807, 2.05) is 11.8 Å². The molecule has 2 heteroatoms. The molecule has 0 aliphatic heterocycles. The SMILES string of the molecule is CC(C)SCCCN. The van der Waals surface area contributed by atoms with E-state index in [1.165, 1.54) is 5.75 Å². The molecule has 1 nitrogen and oxygen atoms in total. The summed E-state index contributed by atoms with van der Waals surface area (Å²) in [5, 5.41) is 0.765. The molecule has 0 saturated heterocycles. The van der Waals surface area contributed by atoms with Crippen molar-refractivity contribution in [3.8, 4) is 0 Å². The lowest BCUT2D eigenvalue weighted by molar-refractivity contribution is 0.938. The van der Waals surface area contributed by atoms with Gasteiger partial charge in [-0.15, -0.1) is 0 Å². The highest BCUT2D eigenvalue weighted by molar-refractivity contribution is 7.99. The van der Waals surface area contributed by atoms with Crippen molar-refractivity contribution in [3.63, 3.8) is 0 Å². The maximum absolute atomic E-state index is 5.30. The van der Waals surface area contributed by atoms with Crippen LogP contribution in [0.25, 0.3) is 0 Å². The van der Waals surface area contributed by atoms with E-state index in [4.69, 9.17) is 5.73 Å². The molecule has 0 aromatic heterocycles. The summed E-state index contributed by atoms with van der Waals surface area (Å²) in [7, 11) is 0. The Labute approximate surface area is 56.0 Å². The highest BCUT2D eigenvalue weighted by Crippen LogP contribution is 2.08. The van der Waals surface area contributed by atoms with Gasteiger partial charge in [-0.1, -0.05) is 13.8 Å². The summed E-state index contributed by atoms with van der Waals surface area (Å²) in [6.07, 6.45) is 1.16. The van der Waals surface area contributed by atoms with Crippen LogP contribution in [0.2, 0.25) is 0 Å². The highest BCUT2D eigenvalue weighted by Gasteiger charge is 1.90. The normalized spacial score (nSPS) is 10.5. The van der Waals surface area contributed by atoms with Crippen molar-refractivity contribution in [3.05, 3.63) is 0 Å². The van der Waals surface area contributed by atoms with Crippen molar-refractivity contribution < 1.29 is 0 Å². The minimum Gasteiger partial charge on any atom is -0.330 e. The second-order valence-corrected chi connectivity index (χ2v) is 3.75. The molecule has 0 aromatic carbocycles. The number of hydrogen-bond donors (Lipinski definition) is 1. The molecule has 0 spiro atoms. The van der Waals surface area contributed by atoms with E-state index in [1.54, 1.807) is 0 Å². The van der Waals surface area contributed by atoms with Crippen molar-refractivity contribution in [2.24, 2.45) is 5.73 Å². The van der Waals surface area contributed by atoms with Gasteiger partial charge in [0.05, 0.1) is 0 Å². The van der Waals surface area contributed by atoms with Crippen molar-refractivity contribution in [2.75, 3.05) is 12.3 Å². The van der Waals surface area contributed by atoms with Gasteiger partial charge in [0.25, 0.3) is 0 Å². The van der Waals surface area contributed by atoms with E-state index in [2.05, 4.69) is 13.8 Å². The third kappa shape index (κ3) is 6.31. The molecule has 0 fully saturated rings. The highest BCUT2D eigenvalue weighted by atomic mass is 32.2. The summed E-state index contributed by atoms with van der Waals surface area (Å²) in [6, 6.07) is 0. The summed E-state index contributed by atoms with van der Waals surface area (Å²) in [5.41, 5.74) is 5.30. The minimum atomic E-state index is 0.765. The lowest BCUT2D eigenvalue weighted by atomic mass is 10.5.